The highest BCUT2D eigenvalue weighted by atomic mass is 15.3. The van der Waals surface area contributed by atoms with Gasteiger partial charge in [0.15, 0.2) is 0 Å². The van der Waals surface area contributed by atoms with Gasteiger partial charge >= 0.3 is 0 Å². The summed E-state index contributed by atoms with van der Waals surface area (Å²) in [7, 11) is 0. The van der Waals surface area contributed by atoms with Gasteiger partial charge in [0.05, 0.1) is 11.9 Å². The molecule has 6 heteroatoms. The molecule has 1 aliphatic heterocycles. The lowest BCUT2D eigenvalue weighted by Gasteiger charge is -2.26. The molecule has 1 unspecified atom stereocenters. The molecule has 0 amide bonds. The van der Waals surface area contributed by atoms with Crippen LogP contribution >= 0.6 is 0 Å². The lowest BCUT2D eigenvalue weighted by atomic mass is 9.80. The van der Waals surface area contributed by atoms with E-state index in [1.807, 2.05) is 63.3 Å². The molecule has 0 bridgehead atoms. The average Bonchev–Trinajstić information content (AvgIpc) is 3.80. The van der Waals surface area contributed by atoms with E-state index >= 15 is 0 Å². The second kappa shape index (κ2) is 30.4. The first-order valence-electron chi connectivity index (χ1n) is 18.9. The van der Waals surface area contributed by atoms with E-state index in [4.69, 9.17) is 0 Å². The molecule has 3 heterocycles. The summed E-state index contributed by atoms with van der Waals surface area (Å²) < 4.78 is 3.92. The van der Waals surface area contributed by atoms with Gasteiger partial charge in [-0.1, -0.05) is 139 Å². The molecule has 1 aliphatic rings. The molecule has 2 aromatic rings. The van der Waals surface area contributed by atoms with Crippen molar-refractivity contribution in [1.29, 1.82) is 0 Å². The lowest BCUT2D eigenvalue weighted by Crippen LogP contribution is -2.25. The van der Waals surface area contributed by atoms with Crippen molar-refractivity contribution in [3.63, 3.8) is 0 Å². The van der Waals surface area contributed by atoms with Crippen LogP contribution in [-0.2, 0) is 23.9 Å². The fraction of sp³-hybridized carbons (Fsp3) is 0.854. The van der Waals surface area contributed by atoms with E-state index < -0.39 is 0 Å². The predicted molar refractivity (Wildman–Crippen MR) is 217 cm³/mol. The van der Waals surface area contributed by atoms with Crippen LogP contribution in [0.15, 0.2) is 24.7 Å². The van der Waals surface area contributed by atoms with E-state index in [1.165, 1.54) is 37.3 Å². The molecule has 284 valence electrons. The van der Waals surface area contributed by atoms with Gasteiger partial charge in [-0.2, -0.15) is 10.2 Å². The van der Waals surface area contributed by atoms with Crippen molar-refractivity contribution in [3.8, 4) is 0 Å². The number of aromatic nitrogens is 4. The van der Waals surface area contributed by atoms with Crippen LogP contribution in [-0.4, -0.2) is 57.2 Å². The number of nitrogens with one attached hydrogen (secondary N) is 1. The van der Waals surface area contributed by atoms with Gasteiger partial charge in [-0.05, 0) is 80.7 Å². The van der Waals surface area contributed by atoms with E-state index in [1.54, 1.807) is 0 Å². The maximum Gasteiger partial charge on any atom is 0.0677 e. The second-order valence-corrected chi connectivity index (χ2v) is 14.6. The normalized spacial score (nSPS) is 14.0. The van der Waals surface area contributed by atoms with Gasteiger partial charge in [0, 0.05) is 37.4 Å². The first-order chi connectivity index (χ1) is 21.4. The Bertz CT molecular complexity index is 838. The molecule has 0 radical (unpaired) electrons. The Hall–Kier alpha value is -1.66. The topological polar surface area (TPSA) is 50.9 Å². The highest BCUT2D eigenvalue weighted by Gasteiger charge is 2.30. The third-order valence-corrected chi connectivity index (χ3v) is 7.30. The number of hydrogen-bond donors (Lipinski definition) is 1. The van der Waals surface area contributed by atoms with Crippen LogP contribution < -0.4 is 5.32 Å². The third kappa shape index (κ3) is 27.9. The molecule has 0 aromatic carbocycles. The number of nitrogens with zero attached hydrogens (tertiary/aromatic N) is 5. The molecule has 3 rings (SSSR count). The zero-order chi connectivity index (χ0) is 37.1. The molecule has 1 saturated heterocycles. The Labute approximate surface area is 298 Å². The lowest BCUT2D eigenvalue weighted by molar-refractivity contribution is 0.233. The summed E-state index contributed by atoms with van der Waals surface area (Å²) in [4.78, 5) is 2.55. The van der Waals surface area contributed by atoms with E-state index in [0.29, 0.717) is 5.41 Å². The summed E-state index contributed by atoms with van der Waals surface area (Å²) in [6.07, 6.45) is 7.49. The minimum atomic E-state index is 0. The average molecular weight is 667 g/mol. The highest BCUT2D eigenvalue weighted by Crippen LogP contribution is 2.33. The summed E-state index contributed by atoms with van der Waals surface area (Å²) in [6.45, 7) is 53.2. The monoisotopic (exact) mass is 667 g/mol. The van der Waals surface area contributed by atoms with E-state index in [0.717, 1.165) is 38.0 Å². The molecular weight excluding hydrogens is 576 g/mol. The van der Waals surface area contributed by atoms with Crippen molar-refractivity contribution >= 4 is 0 Å². The van der Waals surface area contributed by atoms with Gasteiger partial charge in [-0.3, -0.25) is 9.36 Å². The number of aryl methyl sites for hydroxylation is 2. The van der Waals surface area contributed by atoms with Crippen LogP contribution in [0.1, 0.15) is 171 Å². The maximum atomic E-state index is 4.42. The zero-order valence-electron chi connectivity index (χ0n) is 35.4. The Morgan fingerprint density at radius 2 is 1.30 bits per heavy atom. The van der Waals surface area contributed by atoms with Crippen molar-refractivity contribution < 1.29 is 0 Å². The van der Waals surface area contributed by atoms with Crippen LogP contribution in [0.4, 0.5) is 0 Å². The number of likely N-dealkylation sites (tertiary alicyclic amines) is 1. The van der Waals surface area contributed by atoms with Crippen molar-refractivity contribution in [2.24, 2.45) is 17.3 Å². The largest absolute Gasteiger partial charge is 0.317 e. The van der Waals surface area contributed by atoms with Crippen LogP contribution in [0.2, 0.25) is 0 Å². The number of hydrogen-bond acceptors (Lipinski definition) is 4. The van der Waals surface area contributed by atoms with Crippen LogP contribution in [0.3, 0.4) is 0 Å². The Morgan fingerprint density at radius 3 is 1.51 bits per heavy atom. The SMILES string of the molecule is C.CC.CC.CC.CCN1CCC(C(C)(C)C)C1.CCNCC(C)C.CCn1cc(C(C)(C)C)cn1.CCn1ccc(C(C)(C)C)n1. The fourth-order valence-corrected chi connectivity index (χ4v) is 4.12. The minimum absolute atomic E-state index is 0. The summed E-state index contributed by atoms with van der Waals surface area (Å²) >= 11 is 0. The molecule has 1 N–H and O–H groups in total. The first-order valence-corrected chi connectivity index (χ1v) is 18.9. The Morgan fingerprint density at radius 1 is 0.787 bits per heavy atom. The molecule has 6 nitrogen and oxygen atoms in total. The minimum Gasteiger partial charge on any atom is -0.317 e. The van der Waals surface area contributed by atoms with Gasteiger partial charge < -0.3 is 10.2 Å². The summed E-state index contributed by atoms with van der Waals surface area (Å²) in [5.41, 5.74) is 3.40. The molecule has 0 saturated carbocycles. The molecule has 1 atom stereocenters. The predicted octanol–water partition coefficient (Wildman–Crippen LogP) is 11.7. The molecule has 0 spiro atoms. The zero-order valence-corrected chi connectivity index (χ0v) is 35.4. The summed E-state index contributed by atoms with van der Waals surface area (Å²) in [5, 5.41) is 11.9. The van der Waals surface area contributed by atoms with Gasteiger partial charge in [-0.25, -0.2) is 0 Å². The van der Waals surface area contributed by atoms with Crippen molar-refractivity contribution in [2.45, 2.75) is 183 Å². The van der Waals surface area contributed by atoms with E-state index in [9.17, 15) is 0 Å². The highest BCUT2D eigenvalue weighted by molar-refractivity contribution is 5.15. The second-order valence-electron chi connectivity index (χ2n) is 14.6. The van der Waals surface area contributed by atoms with Crippen LogP contribution in [0.5, 0.6) is 0 Å². The van der Waals surface area contributed by atoms with Crippen LogP contribution in [0.25, 0.3) is 0 Å². The quantitative estimate of drug-likeness (QED) is 0.333. The number of rotatable bonds is 6. The van der Waals surface area contributed by atoms with Gasteiger partial charge in [-0.15, -0.1) is 0 Å². The molecular formula is C41H90N6. The van der Waals surface area contributed by atoms with Crippen molar-refractivity contribution in [1.82, 2.24) is 29.8 Å². The van der Waals surface area contributed by atoms with Gasteiger partial charge in [0.2, 0.25) is 0 Å². The Kier molecular flexibility index (Phi) is 35.4. The van der Waals surface area contributed by atoms with E-state index in [-0.39, 0.29) is 18.3 Å². The fourth-order valence-electron chi connectivity index (χ4n) is 4.12. The third-order valence-electron chi connectivity index (χ3n) is 7.30. The molecule has 1 fully saturated rings. The smallest absolute Gasteiger partial charge is 0.0677 e. The maximum absolute atomic E-state index is 4.42. The van der Waals surface area contributed by atoms with Crippen molar-refractivity contribution in [3.05, 3.63) is 35.9 Å². The molecule has 2 aromatic heterocycles. The first kappa shape index (κ1) is 54.8. The van der Waals surface area contributed by atoms with Crippen molar-refractivity contribution in [2.75, 3.05) is 32.7 Å². The van der Waals surface area contributed by atoms with Crippen LogP contribution in [0, 0.1) is 17.3 Å². The standard InChI is InChI=1S/C10H21N.2C9H16N2.C6H15N.3C2H6.CH4/c1-5-11-7-6-9(8-11)10(2,3)4;1-5-11-7-8(6-10-11)9(2,3)4;1-5-11-7-6-8(10-11)9(2,3)4;1-4-7-5-6(2)3;3*1-2;/h9H,5-8H2,1-4H3;2*6-7H,5H2,1-4H3;6-7H,4-5H2,1-3H3;3*1-2H3;1H4. The Balaban J connectivity index is -0.000000159. The van der Waals surface area contributed by atoms with Gasteiger partial charge in [0.1, 0.15) is 0 Å². The summed E-state index contributed by atoms with van der Waals surface area (Å²) in [6, 6.07) is 2.09. The van der Waals surface area contributed by atoms with E-state index in [2.05, 4.69) is 137 Å². The molecule has 47 heavy (non-hydrogen) atoms. The van der Waals surface area contributed by atoms with Gasteiger partial charge in [0.25, 0.3) is 0 Å². The summed E-state index contributed by atoms with van der Waals surface area (Å²) in [5.74, 6) is 1.71. The molecule has 0 aliphatic carbocycles.